The molecule has 0 bridgehead atoms. The highest BCUT2D eigenvalue weighted by Crippen LogP contribution is 2.25. The Labute approximate surface area is 118 Å². The lowest BCUT2D eigenvalue weighted by Gasteiger charge is -1.98. The van der Waals surface area contributed by atoms with Crippen LogP contribution < -0.4 is 5.32 Å². The number of esters is 1. The van der Waals surface area contributed by atoms with Crippen molar-refractivity contribution in [3.63, 3.8) is 0 Å². The molecule has 0 amide bonds. The van der Waals surface area contributed by atoms with E-state index in [0.29, 0.717) is 17.4 Å². The first-order valence-electron chi connectivity index (χ1n) is 5.14. The monoisotopic (exact) mass is 302 g/mol. The molecule has 0 atom stereocenters. The van der Waals surface area contributed by atoms with E-state index >= 15 is 0 Å². The second-order valence-corrected chi connectivity index (χ2v) is 6.48. The molecule has 2 heterocycles. The van der Waals surface area contributed by atoms with Crippen LogP contribution in [0.5, 0.6) is 0 Å². The van der Waals surface area contributed by atoms with E-state index in [1.807, 2.05) is 19.1 Å². The number of hydrogen-bond donors (Lipinski definition) is 1. The number of ether oxygens (including phenoxy) is 1. The Morgan fingerprint density at radius 3 is 2.89 bits per heavy atom. The first-order valence-corrected chi connectivity index (χ1v) is 7.15. The van der Waals surface area contributed by atoms with E-state index in [1.165, 1.54) is 29.8 Å². The number of nitrogens with one attached hydrogen (secondary N) is 1. The van der Waals surface area contributed by atoms with Crippen molar-refractivity contribution >= 4 is 45.4 Å². The SMILES string of the molecule is COC(=O)c1nc(NCc2ccc(Cl)s2)sc1C. The molecule has 7 heteroatoms. The van der Waals surface area contributed by atoms with Crippen molar-refractivity contribution in [3.8, 4) is 0 Å². The van der Waals surface area contributed by atoms with Gasteiger partial charge in [0, 0.05) is 9.75 Å². The third-order valence-electron chi connectivity index (χ3n) is 2.22. The van der Waals surface area contributed by atoms with Gasteiger partial charge in [0.25, 0.3) is 0 Å². The van der Waals surface area contributed by atoms with E-state index in [4.69, 9.17) is 11.6 Å². The van der Waals surface area contributed by atoms with Crippen LogP contribution >= 0.6 is 34.3 Å². The van der Waals surface area contributed by atoms with Gasteiger partial charge < -0.3 is 10.1 Å². The molecule has 96 valence electrons. The number of methoxy groups -OCH3 is 1. The van der Waals surface area contributed by atoms with Crippen molar-refractivity contribution in [3.05, 3.63) is 31.9 Å². The van der Waals surface area contributed by atoms with Gasteiger partial charge in [-0.05, 0) is 19.1 Å². The number of aromatic nitrogens is 1. The van der Waals surface area contributed by atoms with Gasteiger partial charge in [-0.3, -0.25) is 0 Å². The summed E-state index contributed by atoms with van der Waals surface area (Å²) in [7, 11) is 1.35. The van der Waals surface area contributed by atoms with Crippen LogP contribution in [0.1, 0.15) is 20.2 Å². The molecule has 1 N–H and O–H groups in total. The van der Waals surface area contributed by atoms with E-state index in [9.17, 15) is 4.79 Å². The number of thiophene rings is 1. The Balaban J connectivity index is 2.04. The van der Waals surface area contributed by atoms with E-state index < -0.39 is 5.97 Å². The maximum absolute atomic E-state index is 11.4. The summed E-state index contributed by atoms with van der Waals surface area (Å²) < 4.78 is 5.42. The molecule has 0 saturated carbocycles. The van der Waals surface area contributed by atoms with Crippen molar-refractivity contribution in [2.45, 2.75) is 13.5 Å². The number of carbonyl (C=O) groups is 1. The molecule has 4 nitrogen and oxygen atoms in total. The second-order valence-electron chi connectivity index (χ2n) is 3.47. The summed E-state index contributed by atoms with van der Waals surface area (Å²) in [5, 5.41) is 3.87. The van der Waals surface area contributed by atoms with Gasteiger partial charge in [0.2, 0.25) is 0 Å². The van der Waals surface area contributed by atoms with Crippen LogP contribution in [0.3, 0.4) is 0 Å². The first-order chi connectivity index (χ1) is 8.60. The summed E-state index contributed by atoms with van der Waals surface area (Å²) in [6.45, 7) is 2.49. The lowest BCUT2D eigenvalue weighted by Crippen LogP contribution is -2.04. The zero-order valence-corrected chi connectivity index (χ0v) is 12.2. The number of thiazole rings is 1. The van der Waals surface area contributed by atoms with Gasteiger partial charge in [-0.25, -0.2) is 9.78 Å². The number of anilines is 1. The molecule has 0 spiro atoms. The summed E-state index contributed by atoms with van der Waals surface area (Å²) in [4.78, 5) is 17.6. The minimum absolute atomic E-state index is 0.370. The number of hydrogen-bond acceptors (Lipinski definition) is 6. The molecular weight excluding hydrogens is 292 g/mol. The quantitative estimate of drug-likeness (QED) is 0.877. The topological polar surface area (TPSA) is 51.2 Å². The molecule has 0 fully saturated rings. The molecule has 0 aliphatic carbocycles. The molecule has 0 aromatic carbocycles. The van der Waals surface area contributed by atoms with Crippen LogP contribution in [0.25, 0.3) is 0 Å². The lowest BCUT2D eigenvalue weighted by atomic mass is 10.4. The maximum Gasteiger partial charge on any atom is 0.357 e. The number of aryl methyl sites for hydroxylation is 1. The maximum atomic E-state index is 11.4. The Hall–Kier alpha value is -1.11. The van der Waals surface area contributed by atoms with Crippen molar-refractivity contribution in [1.29, 1.82) is 0 Å². The molecule has 0 aliphatic heterocycles. The summed E-state index contributed by atoms with van der Waals surface area (Å²) >= 11 is 8.80. The van der Waals surface area contributed by atoms with Gasteiger partial charge in [0.1, 0.15) is 0 Å². The average Bonchev–Trinajstić information content (AvgIpc) is 2.92. The Morgan fingerprint density at radius 2 is 2.28 bits per heavy atom. The standard InChI is InChI=1S/C11H11ClN2O2S2/c1-6-9(10(15)16-2)14-11(17-6)13-5-7-3-4-8(12)18-7/h3-4H,5H2,1-2H3,(H,13,14). The molecule has 2 aromatic rings. The highest BCUT2D eigenvalue weighted by molar-refractivity contribution is 7.16. The fraction of sp³-hybridized carbons (Fsp3) is 0.273. The number of rotatable bonds is 4. The lowest BCUT2D eigenvalue weighted by molar-refractivity contribution is 0.0594. The van der Waals surface area contributed by atoms with Gasteiger partial charge in [-0.1, -0.05) is 11.6 Å². The zero-order valence-electron chi connectivity index (χ0n) is 9.82. The van der Waals surface area contributed by atoms with Crippen molar-refractivity contribution < 1.29 is 9.53 Å². The largest absolute Gasteiger partial charge is 0.464 e. The number of nitrogens with zero attached hydrogens (tertiary/aromatic N) is 1. The van der Waals surface area contributed by atoms with Crippen molar-refractivity contribution in [1.82, 2.24) is 4.98 Å². The van der Waals surface area contributed by atoms with Crippen LogP contribution in [0.2, 0.25) is 4.34 Å². The van der Waals surface area contributed by atoms with Gasteiger partial charge in [-0.2, -0.15) is 0 Å². The summed E-state index contributed by atoms with van der Waals surface area (Å²) in [5.74, 6) is -0.407. The normalized spacial score (nSPS) is 10.4. The highest BCUT2D eigenvalue weighted by atomic mass is 35.5. The third-order valence-corrected chi connectivity index (χ3v) is 4.38. The zero-order chi connectivity index (χ0) is 13.1. The van der Waals surface area contributed by atoms with Crippen LogP contribution in [0.15, 0.2) is 12.1 Å². The van der Waals surface area contributed by atoms with Crippen LogP contribution in [0.4, 0.5) is 5.13 Å². The Morgan fingerprint density at radius 1 is 1.50 bits per heavy atom. The van der Waals surface area contributed by atoms with E-state index in [0.717, 1.165) is 14.1 Å². The van der Waals surface area contributed by atoms with Crippen molar-refractivity contribution in [2.24, 2.45) is 0 Å². The minimum atomic E-state index is -0.407. The van der Waals surface area contributed by atoms with Crippen molar-refractivity contribution in [2.75, 3.05) is 12.4 Å². The van der Waals surface area contributed by atoms with Gasteiger partial charge >= 0.3 is 5.97 Å². The molecule has 2 aromatic heterocycles. The summed E-state index contributed by atoms with van der Waals surface area (Å²) in [5.41, 5.74) is 0.370. The number of carbonyl (C=O) groups excluding carboxylic acids is 1. The molecular formula is C11H11ClN2O2S2. The molecule has 0 radical (unpaired) electrons. The van der Waals surface area contributed by atoms with E-state index in [1.54, 1.807) is 0 Å². The summed E-state index contributed by atoms with van der Waals surface area (Å²) in [6, 6.07) is 3.82. The van der Waals surface area contributed by atoms with Gasteiger partial charge in [0.15, 0.2) is 10.8 Å². The summed E-state index contributed by atoms with van der Waals surface area (Å²) in [6.07, 6.45) is 0. The predicted molar refractivity (Wildman–Crippen MR) is 74.8 cm³/mol. The molecule has 2 rings (SSSR count). The molecule has 18 heavy (non-hydrogen) atoms. The average molecular weight is 303 g/mol. The second kappa shape index (κ2) is 5.69. The molecule has 0 saturated heterocycles. The smallest absolute Gasteiger partial charge is 0.357 e. The van der Waals surface area contributed by atoms with Crippen LogP contribution in [-0.4, -0.2) is 18.1 Å². The third kappa shape index (κ3) is 3.01. The Bertz CT molecular complexity index is 565. The van der Waals surface area contributed by atoms with Crippen LogP contribution in [-0.2, 0) is 11.3 Å². The highest BCUT2D eigenvalue weighted by Gasteiger charge is 2.15. The Kier molecular flexibility index (Phi) is 4.21. The van der Waals surface area contributed by atoms with E-state index in [-0.39, 0.29) is 0 Å². The first kappa shape index (κ1) is 13.3. The van der Waals surface area contributed by atoms with Gasteiger partial charge in [0.05, 0.1) is 18.0 Å². The molecule has 0 unspecified atom stereocenters. The molecule has 0 aliphatic rings. The minimum Gasteiger partial charge on any atom is -0.464 e. The van der Waals surface area contributed by atoms with E-state index in [2.05, 4.69) is 15.0 Å². The number of halogens is 1. The fourth-order valence-electron chi connectivity index (χ4n) is 1.37. The predicted octanol–water partition coefficient (Wildman–Crippen LogP) is 3.57. The van der Waals surface area contributed by atoms with Gasteiger partial charge in [-0.15, -0.1) is 22.7 Å². The van der Waals surface area contributed by atoms with Crippen LogP contribution in [0, 0.1) is 6.92 Å². The fourth-order valence-corrected chi connectivity index (χ4v) is 3.19.